The monoisotopic (exact) mass is 484 g/mol. The van der Waals surface area contributed by atoms with Gasteiger partial charge in [-0.05, 0) is 31.7 Å². The number of carbonyl (C=O) groups is 2. The van der Waals surface area contributed by atoms with Gasteiger partial charge in [0.15, 0.2) is 11.4 Å². The molecule has 0 fully saturated rings. The summed E-state index contributed by atoms with van der Waals surface area (Å²) in [7, 11) is 0. The zero-order valence-electron chi connectivity index (χ0n) is 20.2. The number of aromatic nitrogens is 4. The van der Waals surface area contributed by atoms with Crippen LogP contribution in [-0.4, -0.2) is 31.1 Å². The van der Waals surface area contributed by atoms with Gasteiger partial charge in [0.2, 0.25) is 0 Å². The molecule has 1 aliphatic heterocycles. The van der Waals surface area contributed by atoms with E-state index in [1.54, 1.807) is 24.3 Å². The highest BCUT2D eigenvalue weighted by Gasteiger charge is 2.25. The fourth-order valence-electron chi connectivity index (χ4n) is 4.71. The topological polar surface area (TPSA) is 111 Å². The lowest BCUT2D eigenvalue weighted by molar-refractivity contribution is 0.0840. The smallest absolute Gasteiger partial charge is 0.290 e. The normalized spacial score (nSPS) is 13.1. The molecule has 0 atom stereocenters. The molecule has 0 bridgehead atoms. The van der Waals surface area contributed by atoms with Crippen molar-refractivity contribution in [1.29, 1.82) is 0 Å². The molecular formula is C27H28N6O3. The van der Waals surface area contributed by atoms with Gasteiger partial charge in [0.25, 0.3) is 17.4 Å². The molecule has 5 rings (SSSR count). The maximum atomic E-state index is 13.2. The van der Waals surface area contributed by atoms with Crippen LogP contribution in [0.4, 0.5) is 0 Å². The molecule has 0 saturated carbocycles. The lowest BCUT2D eigenvalue weighted by Crippen LogP contribution is -2.43. The molecule has 2 amide bonds. The summed E-state index contributed by atoms with van der Waals surface area (Å²) in [5.41, 5.74) is 6.96. The van der Waals surface area contributed by atoms with Gasteiger partial charge in [-0.1, -0.05) is 61.9 Å². The molecule has 1 aliphatic rings. The number of imidazole rings is 1. The standard InChI is InChI=1S/C27H28N6O3/c1-2-16-33-27(36)20-14-9-8-13-19(20)22(31-33)25(34)29-30-26(35)23-21-15-7-4-10-17-32(21)24(28-23)18-11-5-3-6-12-18/h3,5-6,8-9,11-14H,2,4,7,10,15-17H2,1H3,(H,29,34)(H,30,35). The second-order valence-electron chi connectivity index (χ2n) is 8.89. The first-order valence-electron chi connectivity index (χ1n) is 12.3. The number of nitrogens with zero attached hydrogens (tertiary/aromatic N) is 4. The molecule has 2 aromatic carbocycles. The van der Waals surface area contributed by atoms with Crippen molar-refractivity contribution in [3.63, 3.8) is 0 Å². The van der Waals surface area contributed by atoms with E-state index in [9.17, 15) is 14.4 Å². The van der Waals surface area contributed by atoms with Crippen molar-refractivity contribution in [2.75, 3.05) is 0 Å². The van der Waals surface area contributed by atoms with Crippen LogP contribution >= 0.6 is 0 Å². The number of fused-ring (bicyclic) bond motifs is 2. The van der Waals surface area contributed by atoms with Crippen molar-refractivity contribution < 1.29 is 9.59 Å². The minimum absolute atomic E-state index is 0.0765. The highest BCUT2D eigenvalue weighted by Crippen LogP contribution is 2.27. The third-order valence-corrected chi connectivity index (χ3v) is 6.42. The molecule has 0 saturated heterocycles. The van der Waals surface area contributed by atoms with Gasteiger partial charge < -0.3 is 4.57 Å². The average molecular weight is 485 g/mol. The maximum Gasteiger partial charge on any atom is 0.290 e. The van der Waals surface area contributed by atoms with Crippen LogP contribution in [0.1, 0.15) is 59.3 Å². The molecule has 0 unspecified atom stereocenters. The van der Waals surface area contributed by atoms with Crippen LogP contribution < -0.4 is 16.4 Å². The van der Waals surface area contributed by atoms with E-state index >= 15 is 0 Å². The van der Waals surface area contributed by atoms with Gasteiger partial charge in [-0.25, -0.2) is 9.67 Å². The Morgan fingerprint density at radius 1 is 0.889 bits per heavy atom. The van der Waals surface area contributed by atoms with Crippen LogP contribution in [-0.2, 0) is 19.5 Å². The summed E-state index contributed by atoms with van der Waals surface area (Å²) in [5, 5.41) is 5.13. The van der Waals surface area contributed by atoms with Crippen molar-refractivity contribution in [3.05, 3.63) is 82.0 Å². The van der Waals surface area contributed by atoms with Crippen LogP contribution in [0, 0.1) is 0 Å². The van der Waals surface area contributed by atoms with Crippen LogP contribution in [0.5, 0.6) is 0 Å². The molecule has 0 spiro atoms. The number of hydrogen-bond acceptors (Lipinski definition) is 5. The first-order valence-corrected chi connectivity index (χ1v) is 12.3. The minimum atomic E-state index is -0.599. The van der Waals surface area contributed by atoms with Crippen molar-refractivity contribution in [2.24, 2.45) is 0 Å². The summed E-state index contributed by atoms with van der Waals surface area (Å²) in [6.45, 7) is 3.11. The molecule has 184 valence electrons. The highest BCUT2D eigenvalue weighted by molar-refractivity contribution is 6.06. The van der Waals surface area contributed by atoms with E-state index in [1.807, 2.05) is 37.3 Å². The van der Waals surface area contributed by atoms with E-state index in [0.29, 0.717) is 29.4 Å². The third kappa shape index (κ3) is 4.39. The average Bonchev–Trinajstić information content (AvgIpc) is 3.10. The minimum Gasteiger partial charge on any atom is -0.327 e. The van der Waals surface area contributed by atoms with E-state index in [-0.39, 0.29) is 11.3 Å². The van der Waals surface area contributed by atoms with E-state index in [4.69, 9.17) is 4.98 Å². The lowest BCUT2D eigenvalue weighted by atomic mass is 10.1. The van der Waals surface area contributed by atoms with Crippen LogP contribution in [0.25, 0.3) is 22.2 Å². The lowest BCUT2D eigenvalue weighted by Gasteiger charge is -2.11. The van der Waals surface area contributed by atoms with Crippen molar-refractivity contribution >= 4 is 22.6 Å². The molecule has 9 nitrogen and oxygen atoms in total. The Labute approximate surface area is 208 Å². The highest BCUT2D eigenvalue weighted by atomic mass is 16.2. The van der Waals surface area contributed by atoms with E-state index < -0.39 is 11.8 Å². The van der Waals surface area contributed by atoms with E-state index in [2.05, 4.69) is 20.5 Å². The molecule has 36 heavy (non-hydrogen) atoms. The molecule has 0 aliphatic carbocycles. The maximum absolute atomic E-state index is 13.2. The summed E-state index contributed by atoms with van der Waals surface area (Å²) in [6, 6.07) is 16.6. The van der Waals surface area contributed by atoms with Crippen LogP contribution in [0.2, 0.25) is 0 Å². The van der Waals surface area contributed by atoms with Gasteiger partial charge in [-0.15, -0.1) is 0 Å². The van der Waals surface area contributed by atoms with Gasteiger partial charge in [0.1, 0.15) is 5.82 Å². The van der Waals surface area contributed by atoms with Crippen LogP contribution in [0.3, 0.4) is 0 Å². The zero-order chi connectivity index (χ0) is 25.1. The van der Waals surface area contributed by atoms with E-state index in [1.165, 1.54) is 4.68 Å². The zero-order valence-corrected chi connectivity index (χ0v) is 20.2. The molecule has 0 radical (unpaired) electrons. The number of amides is 2. The van der Waals surface area contributed by atoms with Gasteiger partial charge in [0.05, 0.1) is 11.1 Å². The third-order valence-electron chi connectivity index (χ3n) is 6.42. The van der Waals surface area contributed by atoms with Crippen LogP contribution in [0.15, 0.2) is 59.4 Å². The quantitative estimate of drug-likeness (QED) is 0.422. The summed E-state index contributed by atoms with van der Waals surface area (Å²) < 4.78 is 3.41. The fourth-order valence-corrected chi connectivity index (χ4v) is 4.71. The Morgan fingerprint density at radius 3 is 2.33 bits per heavy atom. The molecule has 2 aromatic heterocycles. The summed E-state index contributed by atoms with van der Waals surface area (Å²) >= 11 is 0. The number of aryl methyl sites for hydroxylation is 1. The number of rotatable bonds is 5. The molecule has 2 N–H and O–H groups in total. The van der Waals surface area contributed by atoms with Gasteiger partial charge >= 0.3 is 0 Å². The summed E-state index contributed by atoms with van der Waals surface area (Å²) in [4.78, 5) is 43.7. The first-order chi connectivity index (χ1) is 17.6. The molecule has 9 heteroatoms. The first kappa shape index (κ1) is 23.5. The predicted octanol–water partition coefficient (Wildman–Crippen LogP) is 3.47. The number of carbonyl (C=O) groups excluding carboxylic acids is 2. The second kappa shape index (κ2) is 10.2. The number of hydrazine groups is 1. The Balaban J connectivity index is 1.43. The fraction of sp³-hybridized carbons (Fsp3) is 0.296. The predicted molar refractivity (Wildman–Crippen MR) is 136 cm³/mol. The van der Waals surface area contributed by atoms with Gasteiger partial charge in [0, 0.05) is 24.0 Å². The summed E-state index contributed by atoms with van der Waals surface area (Å²) in [5.74, 6) is -0.330. The molecule has 3 heterocycles. The van der Waals surface area contributed by atoms with Crippen molar-refractivity contribution in [1.82, 2.24) is 30.2 Å². The Morgan fingerprint density at radius 2 is 1.58 bits per heavy atom. The number of hydrogen-bond donors (Lipinski definition) is 2. The number of nitrogens with one attached hydrogen (secondary N) is 2. The van der Waals surface area contributed by atoms with Gasteiger partial charge in [-0.3, -0.25) is 25.2 Å². The van der Waals surface area contributed by atoms with Crippen molar-refractivity contribution in [3.8, 4) is 11.4 Å². The number of benzene rings is 2. The Kier molecular flexibility index (Phi) is 6.62. The SMILES string of the molecule is CCCn1nc(C(=O)NNC(=O)c2nc(-c3ccccc3)n3c2CCCCC3)c2ccccc2c1=O. The Hall–Kier alpha value is -4.27. The molecular weight excluding hydrogens is 456 g/mol. The second-order valence-corrected chi connectivity index (χ2v) is 8.89. The Bertz CT molecular complexity index is 1490. The largest absolute Gasteiger partial charge is 0.327 e. The molecule has 4 aromatic rings. The van der Waals surface area contributed by atoms with E-state index in [0.717, 1.165) is 49.3 Å². The van der Waals surface area contributed by atoms with Gasteiger partial charge in [-0.2, -0.15) is 5.10 Å². The van der Waals surface area contributed by atoms with Crippen molar-refractivity contribution in [2.45, 2.75) is 52.1 Å². The summed E-state index contributed by atoms with van der Waals surface area (Å²) in [6.07, 6.45) is 4.51.